The molecule has 1 saturated heterocycles. The van der Waals surface area contributed by atoms with Crippen molar-refractivity contribution in [3.63, 3.8) is 0 Å². The predicted octanol–water partition coefficient (Wildman–Crippen LogP) is 4.83. The van der Waals surface area contributed by atoms with E-state index >= 15 is 0 Å². The van der Waals surface area contributed by atoms with Gasteiger partial charge in [0.2, 0.25) is 0 Å². The normalized spacial score (nSPS) is 19.1. The summed E-state index contributed by atoms with van der Waals surface area (Å²) >= 11 is 1.13. The number of amides is 2. The number of aromatic nitrogens is 1. The number of nitrogens with one attached hydrogen (secondary N) is 1. The second-order valence-corrected chi connectivity index (χ2v) is 9.67. The maximum atomic E-state index is 12.9. The minimum atomic E-state index is -0.897. The van der Waals surface area contributed by atoms with E-state index < -0.39 is 24.0 Å². The summed E-state index contributed by atoms with van der Waals surface area (Å²) in [5, 5.41) is 13.8. The number of likely N-dealkylation sites (tertiary alicyclic amines) is 1. The number of nitrogens with zero attached hydrogens (tertiary/aromatic N) is 2. The number of carboxylic acid groups (broad SMARTS) is 1. The van der Waals surface area contributed by atoms with Gasteiger partial charge in [-0.2, -0.15) is 0 Å². The quantitative estimate of drug-likeness (QED) is 0.529. The fourth-order valence-corrected chi connectivity index (χ4v) is 5.73. The number of benzene rings is 2. The van der Waals surface area contributed by atoms with Crippen LogP contribution in [0.5, 0.6) is 0 Å². The summed E-state index contributed by atoms with van der Waals surface area (Å²) in [6.45, 7) is 2.41. The van der Waals surface area contributed by atoms with Crippen LogP contribution in [0.2, 0.25) is 0 Å². The van der Waals surface area contributed by atoms with Crippen LogP contribution in [0.25, 0.3) is 11.1 Å². The molecule has 2 aliphatic rings. The van der Waals surface area contributed by atoms with E-state index in [0.29, 0.717) is 19.4 Å². The smallest absolute Gasteiger partial charge is 0.413 e. The lowest BCUT2D eigenvalue weighted by Gasteiger charge is -2.37. The molecule has 1 aliphatic carbocycles. The lowest BCUT2D eigenvalue weighted by atomic mass is 9.90. The molecule has 0 saturated carbocycles. The Bertz CT molecular complexity index is 1240. The van der Waals surface area contributed by atoms with Crippen LogP contribution >= 0.6 is 11.3 Å². The largest absolute Gasteiger partial charge is 0.481 e. The Morgan fingerprint density at radius 2 is 1.77 bits per heavy atom. The highest BCUT2D eigenvalue weighted by atomic mass is 32.1. The highest BCUT2D eigenvalue weighted by molar-refractivity contribution is 7.14. The summed E-state index contributed by atoms with van der Waals surface area (Å²) in [5.41, 5.74) is 4.73. The topological polar surface area (TPSA) is 109 Å². The molecule has 0 spiro atoms. The van der Waals surface area contributed by atoms with Crippen molar-refractivity contribution in [3.8, 4) is 11.1 Å². The van der Waals surface area contributed by atoms with Gasteiger partial charge in [0, 0.05) is 23.9 Å². The molecule has 9 heteroatoms. The third-order valence-electron chi connectivity index (χ3n) is 6.84. The summed E-state index contributed by atoms with van der Waals surface area (Å²) in [4.78, 5) is 42.7. The van der Waals surface area contributed by atoms with Crippen molar-refractivity contribution in [1.82, 2.24) is 9.88 Å². The van der Waals surface area contributed by atoms with E-state index in [2.05, 4.69) is 34.6 Å². The molecule has 3 aromatic rings. The van der Waals surface area contributed by atoms with Gasteiger partial charge in [-0.15, -0.1) is 11.3 Å². The van der Waals surface area contributed by atoms with Gasteiger partial charge in [-0.1, -0.05) is 48.5 Å². The third kappa shape index (κ3) is 4.39. The van der Waals surface area contributed by atoms with Gasteiger partial charge in [0.25, 0.3) is 5.91 Å². The number of anilines is 1. The summed E-state index contributed by atoms with van der Waals surface area (Å²) in [6, 6.07) is 15.8. The van der Waals surface area contributed by atoms with Crippen molar-refractivity contribution in [3.05, 3.63) is 70.7 Å². The number of carboxylic acids is 1. The fourth-order valence-electron chi connectivity index (χ4n) is 5.06. The van der Waals surface area contributed by atoms with Gasteiger partial charge >= 0.3 is 12.1 Å². The van der Waals surface area contributed by atoms with Crippen LogP contribution in [0.15, 0.2) is 53.9 Å². The number of ether oxygens (including phenoxy) is 1. The highest BCUT2D eigenvalue weighted by Crippen LogP contribution is 2.44. The van der Waals surface area contributed by atoms with Gasteiger partial charge in [0.1, 0.15) is 12.3 Å². The van der Waals surface area contributed by atoms with Gasteiger partial charge in [-0.3, -0.25) is 14.9 Å². The average molecular weight is 492 g/mol. The Hall–Kier alpha value is -3.72. The number of rotatable bonds is 5. The molecule has 0 unspecified atom stereocenters. The number of thiazole rings is 1. The van der Waals surface area contributed by atoms with E-state index in [1.54, 1.807) is 17.2 Å². The van der Waals surface area contributed by atoms with Crippen LogP contribution in [-0.4, -0.2) is 52.2 Å². The molecule has 2 amide bonds. The third-order valence-corrected chi connectivity index (χ3v) is 7.60. The molecule has 1 fully saturated rings. The van der Waals surface area contributed by atoms with Crippen LogP contribution in [0, 0.1) is 5.92 Å². The van der Waals surface area contributed by atoms with Gasteiger partial charge in [0.15, 0.2) is 5.13 Å². The van der Waals surface area contributed by atoms with E-state index in [1.807, 2.05) is 24.3 Å². The molecule has 5 rings (SSSR count). The molecule has 2 atom stereocenters. The zero-order chi connectivity index (χ0) is 24.5. The van der Waals surface area contributed by atoms with Crippen LogP contribution in [0.3, 0.4) is 0 Å². The molecule has 2 aromatic carbocycles. The minimum Gasteiger partial charge on any atom is -0.481 e. The van der Waals surface area contributed by atoms with Crippen molar-refractivity contribution in [2.24, 2.45) is 5.92 Å². The zero-order valence-corrected chi connectivity index (χ0v) is 20.0. The lowest BCUT2D eigenvalue weighted by Crippen LogP contribution is -2.49. The molecular formula is C26H25N3O5S. The molecule has 8 nitrogen and oxygen atoms in total. The molecule has 0 radical (unpaired) electrons. The van der Waals surface area contributed by atoms with Crippen molar-refractivity contribution < 1.29 is 24.2 Å². The number of fused-ring (bicyclic) bond motifs is 3. The number of aliphatic carboxylic acids is 1. The molecule has 1 aromatic heterocycles. The number of carbonyl (C=O) groups excluding carboxylic acids is 2. The number of hydrogen-bond donors (Lipinski definition) is 2. The Kier molecular flexibility index (Phi) is 6.25. The molecular weight excluding hydrogens is 466 g/mol. The highest BCUT2D eigenvalue weighted by Gasteiger charge is 2.36. The first-order chi connectivity index (χ1) is 16.9. The number of carbonyl (C=O) groups is 3. The SMILES string of the molecule is C[C@@H]1[C@H](C(=O)O)CCCN1C(=O)c1csc(NC(=O)OCC2c3ccccc3-c3ccccc32)n1. The van der Waals surface area contributed by atoms with E-state index in [-0.39, 0.29) is 29.3 Å². The Morgan fingerprint density at radius 1 is 1.11 bits per heavy atom. The first kappa shape index (κ1) is 23.0. The predicted molar refractivity (Wildman–Crippen MR) is 132 cm³/mol. The van der Waals surface area contributed by atoms with E-state index in [1.165, 1.54) is 0 Å². The van der Waals surface area contributed by atoms with E-state index in [4.69, 9.17) is 4.74 Å². The molecule has 2 heterocycles. The molecule has 180 valence electrons. The molecule has 1 aliphatic heterocycles. The standard InChI is InChI=1S/C26H25N3O5S/c1-15-16(24(31)32)11-6-12-29(15)23(30)22-14-35-25(27-22)28-26(33)34-13-21-19-9-4-2-7-17(19)18-8-3-5-10-20(18)21/h2-5,7-10,14-16,21H,6,11-13H2,1H3,(H,31,32)(H,27,28,33)/t15-,16-/m1/s1. The van der Waals surface area contributed by atoms with Crippen LogP contribution in [0.4, 0.5) is 9.93 Å². The number of piperidine rings is 1. The monoisotopic (exact) mass is 491 g/mol. The van der Waals surface area contributed by atoms with E-state index in [9.17, 15) is 19.5 Å². The first-order valence-corrected chi connectivity index (χ1v) is 12.4. The van der Waals surface area contributed by atoms with Crippen LogP contribution < -0.4 is 5.32 Å². The lowest BCUT2D eigenvalue weighted by molar-refractivity contribution is -0.145. The van der Waals surface area contributed by atoms with Gasteiger partial charge in [-0.05, 0) is 42.0 Å². The molecule has 35 heavy (non-hydrogen) atoms. The van der Waals surface area contributed by atoms with Gasteiger partial charge < -0.3 is 14.7 Å². The second kappa shape index (κ2) is 9.50. The van der Waals surface area contributed by atoms with Crippen molar-refractivity contribution in [2.75, 3.05) is 18.5 Å². The first-order valence-electron chi connectivity index (χ1n) is 11.6. The van der Waals surface area contributed by atoms with Crippen molar-refractivity contribution >= 4 is 34.4 Å². The van der Waals surface area contributed by atoms with Gasteiger partial charge in [0.05, 0.1) is 5.92 Å². The maximum absolute atomic E-state index is 12.9. The van der Waals surface area contributed by atoms with Gasteiger partial charge in [-0.25, -0.2) is 9.78 Å². The average Bonchev–Trinajstić information content (AvgIpc) is 3.45. The summed E-state index contributed by atoms with van der Waals surface area (Å²) in [6.07, 6.45) is 0.533. The molecule has 0 bridgehead atoms. The van der Waals surface area contributed by atoms with Crippen molar-refractivity contribution in [2.45, 2.75) is 31.7 Å². The molecule has 2 N–H and O–H groups in total. The summed E-state index contributed by atoms with van der Waals surface area (Å²) < 4.78 is 5.54. The fraction of sp³-hybridized carbons (Fsp3) is 0.308. The number of hydrogen-bond acceptors (Lipinski definition) is 6. The maximum Gasteiger partial charge on any atom is 0.413 e. The summed E-state index contributed by atoms with van der Waals surface area (Å²) in [5.74, 6) is -1.87. The van der Waals surface area contributed by atoms with Crippen molar-refractivity contribution in [1.29, 1.82) is 0 Å². The Labute approximate surface area is 206 Å². The summed E-state index contributed by atoms with van der Waals surface area (Å²) in [7, 11) is 0. The van der Waals surface area contributed by atoms with Crippen LogP contribution in [-0.2, 0) is 9.53 Å². The zero-order valence-electron chi connectivity index (χ0n) is 19.1. The van der Waals surface area contributed by atoms with E-state index in [0.717, 1.165) is 33.6 Å². The second-order valence-electron chi connectivity index (χ2n) is 8.81. The Morgan fingerprint density at radius 3 is 2.43 bits per heavy atom. The Balaban J connectivity index is 1.22. The minimum absolute atomic E-state index is 0.0515. The van der Waals surface area contributed by atoms with Crippen LogP contribution in [0.1, 0.15) is 47.3 Å².